The van der Waals surface area contributed by atoms with Crippen LogP contribution >= 0.6 is 0 Å². The Labute approximate surface area is 118 Å². The van der Waals surface area contributed by atoms with Crippen molar-refractivity contribution in [2.75, 3.05) is 46.6 Å². The van der Waals surface area contributed by atoms with E-state index in [9.17, 15) is 0 Å². The molecular weight excluding hydrogens is 240 g/mol. The first-order valence-electron chi connectivity index (χ1n) is 7.67. The van der Waals surface area contributed by atoms with Gasteiger partial charge in [0.05, 0.1) is 13.2 Å². The van der Waals surface area contributed by atoms with Crippen molar-refractivity contribution in [2.45, 2.75) is 51.6 Å². The predicted octanol–water partition coefficient (Wildman–Crippen LogP) is 1.89. The average Bonchev–Trinajstić information content (AvgIpc) is 2.54. The third-order valence-corrected chi connectivity index (χ3v) is 4.24. The van der Waals surface area contributed by atoms with Gasteiger partial charge in [-0.25, -0.2) is 0 Å². The Balaban J connectivity index is 2.28. The molecule has 2 atom stereocenters. The van der Waals surface area contributed by atoms with E-state index < -0.39 is 0 Å². The maximum atomic E-state index is 5.54. The van der Waals surface area contributed by atoms with E-state index in [4.69, 9.17) is 9.47 Å². The lowest BCUT2D eigenvalue weighted by atomic mass is 9.98. The molecule has 0 bridgehead atoms. The molecule has 19 heavy (non-hydrogen) atoms. The van der Waals surface area contributed by atoms with E-state index in [1.54, 1.807) is 7.11 Å². The molecule has 0 radical (unpaired) electrons. The summed E-state index contributed by atoms with van der Waals surface area (Å²) < 4.78 is 10.5. The number of nitrogens with zero attached hydrogens (tertiary/aromatic N) is 1. The van der Waals surface area contributed by atoms with Crippen LogP contribution in [0.2, 0.25) is 0 Å². The van der Waals surface area contributed by atoms with E-state index in [0.717, 1.165) is 32.7 Å². The summed E-state index contributed by atoms with van der Waals surface area (Å²) in [5.74, 6) is 0. The van der Waals surface area contributed by atoms with Crippen LogP contribution in [0.25, 0.3) is 0 Å². The minimum Gasteiger partial charge on any atom is -0.382 e. The largest absolute Gasteiger partial charge is 0.382 e. The van der Waals surface area contributed by atoms with Crippen LogP contribution in [0.1, 0.15) is 40.0 Å². The summed E-state index contributed by atoms with van der Waals surface area (Å²) in [7, 11) is 1.71. The number of rotatable bonds is 8. The summed E-state index contributed by atoms with van der Waals surface area (Å²) >= 11 is 0. The second-order valence-corrected chi connectivity index (χ2v) is 5.91. The van der Waals surface area contributed by atoms with Gasteiger partial charge in [0.1, 0.15) is 0 Å². The number of methoxy groups -OCH3 is 1. The quantitative estimate of drug-likeness (QED) is 0.684. The van der Waals surface area contributed by atoms with Gasteiger partial charge in [-0.1, -0.05) is 6.92 Å². The zero-order valence-electron chi connectivity index (χ0n) is 13.2. The van der Waals surface area contributed by atoms with Crippen LogP contribution in [-0.4, -0.2) is 63.0 Å². The summed E-state index contributed by atoms with van der Waals surface area (Å²) in [6.07, 6.45) is 3.52. The molecular formula is C15H32N2O2. The number of hydrogen-bond donors (Lipinski definition) is 1. The molecule has 1 fully saturated rings. The highest BCUT2D eigenvalue weighted by Gasteiger charge is 2.29. The van der Waals surface area contributed by atoms with Gasteiger partial charge >= 0.3 is 0 Å². The monoisotopic (exact) mass is 272 g/mol. The molecule has 0 aliphatic carbocycles. The number of nitrogens with one attached hydrogen (secondary N) is 1. The third-order valence-electron chi connectivity index (χ3n) is 4.24. The summed E-state index contributed by atoms with van der Waals surface area (Å²) in [6.45, 7) is 12.6. The van der Waals surface area contributed by atoms with Crippen molar-refractivity contribution in [3.63, 3.8) is 0 Å². The van der Waals surface area contributed by atoms with Gasteiger partial charge in [0.25, 0.3) is 0 Å². The number of hydrogen-bond acceptors (Lipinski definition) is 4. The predicted molar refractivity (Wildman–Crippen MR) is 79.7 cm³/mol. The van der Waals surface area contributed by atoms with Crippen molar-refractivity contribution in [3.8, 4) is 0 Å². The normalized spacial score (nSPS) is 29.4. The minimum atomic E-state index is 0.266. The van der Waals surface area contributed by atoms with Gasteiger partial charge in [0, 0.05) is 38.4 Å². The van der Waals surface area contributed by atoms with Gasteiger partial charge in [-0.3, -0.25) is 4.90 Å². The van der Waals surface area contributed by atoms with Gasteiger partial charge in [0.2, 0.25) is 0 Å². The Bertz CT molecular complexity index is 238. The topological polar surface area (TPSA) is 33.7 Å². The first-order valence-corrected chi connectivity index (χ1v) is 7.67. The van der Waals surface area contributed by atoms with Gasteiger partial charge < -0.3 is 14.8 Å². The lowest BCUT2D eigenvalue weighted by Gasteiger charge is -2.34. The van der Waals surface area contributed by atoms with E-state index in [1.165, 1.54) is 12.8 Å². The molecule has 2 unspecified atom stereocenters. The van der Waals surface area contributed by atoms with Gasteiger partial charge in [-0.15, -0.1) is 0 Å². The van der Waals surface area contributed by atoms with Crippen molar-refractivity contribution in [1.82, 2.24) is 10.2 Å². The van der Waals surface area contributed by atoms with E-state index in [0.29, 0.717) is 19.3 Å². The van der Waals surface area contributed by atoms with Gasteiger partial charge in [-0.2, -0.15) is 0 Å². The zero-order chi connectivity index (χ0) is 14.1. The molecule has 0 saturated carbocycles. The first-order chi connectivity index (χ1) is 9.11. The first kappa shape index (κ1) is 16.9. The van der Waals surface area contributed by atoms with Crippen molar-refractivity contribution in [2.24, 2.45) is 0 Å². The maximum absolute atomic E-state index is 5.54. The molecule has 0 amide bonds. The molecule has 1 heterocycles. The second-order valence-electron chi connectivity index (χ2n) is 5.91. The molecule has 0 aromatic rings. The fourth-order valence-electron chi connectivity index (χ4n) is 2.58. The molecule has 1 N–H and O–H groups in total. The van der Waals surface area contributed by atoms with Crippen molar-refractivity contribution >= 4 is 0 Å². The molecule has 0 aromatic heterocycles. The smallest absolute Gasteiger partial charge is 0.0700 e. The fraction of sp³-hybridized carbons (Fsp3) is 1.00. The van der Waals surface area contributed by atoms with E-state index in [-0.39, 0.29) is 5.54 Å². The lowest BCUT2D eigenvalue weighted by molar-refractivity contribution is 0.0616. The van der Waals surface area contributed by atoms with Crippen LogP contribution in [0, 0.1) is 0 Å². The lowest BCUT2D eigenvalue weighted by Crippen LogP contribution is -2.49. The average molecular weight is 272 g/mol. The van der Waals surface area contributed by atoms with Crippen molar-refractivity contribution < 1.29 is 9.47 Å². The zero-order valence-corrected chi connectivity index (χ0v) is 13.2. The minimum absolute atomic E-state index is 0.266. The molecule has 0 spiro atoms. The Morgan fingerprint density at radius 2 is 2.11 bits per heavy atom. The molecule has 114 valence electrons. The Morgan fingerprint density at radius 3 is 2.79 bits per heavy atom. The Hall–Kier alpha value is -0.160. The van der Waals surface area contributed by atoms with Crippen LogP contribution in [0.3, 0.4) is 0 Å². The summed E-state index contributed by atoms with van der Waals surface area (Å²) in [6, 6.07) is 0.667. The van der Waals surface area contributed by atoms with E-state index in [2.05, 4.69) is 31.0 Å². The molecule has 1 saturated heterocycles. The molecule has 0 aromatic carbocycles. The highest BCUT2D eigenvalue weighted by molar-refractivity contribution is 4.90. The highest BCUT2D eigenvalue weighted by atomic mass is 16.5. The van der Waals surface area contributed by atoms with Crippen LogP contribution in [-0.2, 0) is 9.47 Å². The van der Waals surface area contributed by atoms with Crippen molar-refractivity contribution in [1.29, 1.82) is 0 Å². The molecule has 1 aliphatic heterocycles. The molecule has 1 aliphatic rings. The van der Waals surface area contributed by atoms with Crippen LogP contribution < -0.4 is 5.32 Å². The third kappa shape index (κ3) is 6.21. The van der Waals surface area contributed by atoms with Gasteiger partial charge in [-0.05, 0) is 39.7 Å². The second kappa shape index (κ2) is 8.90. The summed E-state index contributed by atoms with van der Waals surface area (Å²) in [4.78, 5) is 2.61. The van der Waals surface area contributed by atoms with Crippen LogP contribution in [0.5, 0.6) is 0 Å². The van der Waals surface area contributed by atoms with E-state index in [1.807, 2.05) is 0 Å². The Morgan fingerprint density at radius 1 is 1.32 bits per heavy atom. The maximum Gasteiger partial charge on any atom is 0.0700 e. The molecule has 4 heteroatoms. The summed E-state index contributed by atoms with van der Waals surface area (Å²) in [5.41, 5.74) is 0.266. The van der Waals surface area contributed by atoms with Crippen LogP contribution in [0.15, 0.2) is 0 Å². The number of ether oxygens (including phenoxy) is 2. The fourth-order valence-corrected chi connectivity index (χ4v) is 2.58. The molecule has 1 rings (SSSR count). The standard InChI is InChI=1S/C15H32N2O2/c1-5-15(3)13-17(14(2)7-8-16-15)9-6-10-19-12-11-18-4/h14,16H,5-13H2,1-4H3. The van der Waals surface area contributed by atoms with E-state index >= 15 is 0 Å². The van der Waals surface area contributed by atoms with Gasteiger partial charge in [0.15, 0.2) is 0 Å². The highest BCUT2D eigenvalue weighted by Crippen LogP contribution is 2.18. The Kier molecular flexibility index (Phi) is 7.91. The SMILES string of the molecule is CCC1(C)CN(CCCOCCOC)C(C)CCN1. The van der Waals surface area contributed by atoms with Crippen LogP contribution in [0.4, 0.5) is 0 Å². The summed E-state index contributed by atoms with van der Waals surface area (Å²) in [5, 5.41) is 3.70. The molecule has 4 nitrogen and oxygen atoms in total. The van der Waals surface area contributed by atoms with Crippen molar-refractivity contribution in [3.05, 3.63) is 0 Å².